The van der Waals surface area contributed by atoms with Gasteiger partial charge in [-0.15, -0.1) is 0 Å². The second kappa shape index (κ2) is 6.77. The molecule has 0 atom stereocenters. The average Bonchev–Trinajstić information content (AvgIpc) is 2.32. The van der Waals surface area contributed by atoms with E-state index in [9.17, 15) is 10.1 Å². The molecule has 0 aromatic heterocycles. The van der Waals surface area contributed by atoms with Crippen LogP contribution in [0, 0.1) is 10.1 Å². The molecule has 0 aliphatic rings. The molecule has 0 bridgehead atoms. The highest BCUT2D eigenvalue weighted by Crippen LogP contribution is 2.29. The minimum atomic E-state index is -0.524. The van der Waals surface area contributed by atoms with Crippen molar-refractivity contribution in [1.82, 2.24) is 0 Å². The molecule has 0 heterocycles. The van der Waals surface area contributed by atoms with Crippen molar-refractivity contribution in [3.05, 3.63) is 27.8 Å². The summed E-state index contributed by atoms with van der Waals surface area (Å²) in [6.45, 7) is 1.35. The number of hydrogen-bond donors (Lipinski definition) is 2. The molecule has 0 radical (unpaired) electrons. The molecule has 4 N–H and O–H groups in total. The molecule has 7 nitrogen and oxygen atoms in total. The van der Waals surface area contributed by atoms with Crippen LogP contribution in [0.5, 0.6) is 0 Å². The van der Waals surface area contributed by atoms with Gasteiger partial charge < -0.3 is 20.9 Å². The van der Waals surface area contributed by atoms with Gasteiger partial charge in [0.1, 0.15) is 5.69 Å². The maximum absolute atomic E-state index is 10.7. The third kappa shape index (κ3) is 3.57. The zero-order chi connectivity index (χ0) is 13.5. The number of nitro benzene ring substituents is 1. The van der Waals surface area contributed by atoms with E-state index in [-0.39, 0.29) is 11.4 Å². The number of methoxy groups -OCH3 is 1. The lowest BCUT2D eigenvalue weighted by Gasteiger charge is -2.09. The first-order valence-electron chi connectivity index (χ1n) is 5.45. The van der Waals surface area contributed by atoms with Gasteiger partial charge in [0.2, 0.25) is 0 Å². The number of nitro groups is 1. The molecule has 100 valence electrons. The van der Waals surface area contributed by atoms with Crippen LogP contribution in [0.25, 0.3) is 0 Å². The molecule has 0 unspecified atom stereocenters. The highest BCUT2D eigenvalue weighted by Gasteiger charge is 2.16. The summed E-state index contributed by atoms with van der Waals surface area (Å²) in [6, 6.07) is 2.79. The topological polar surface area (TPSA) is 114 Å². The number of hydrogen-bond acceptors (Lipinski definition) is 6. The molecular formula is C11H17N3O4. The summed E-state index contributed by atoms with van der Waals surface area (Å²) in [5.41, 5.74) is 12.4. The number of rotatable bonds is 7. The van der Waals surface area contributed by atoms with Gasteiger partial charge >= 0.3 is 0 Å². The molecular weight excluding hydrogens is 238 g/mol. The van der Waals surface area contributed by atoms with Crippen LogP contribution in [0.4, 0.5) is 17.1 Å². The molecule has 0 saturated heterocycles. The highest BCUT2D eigenvalue weighted by molar-refractivity contribution is 5.71. The van der Waals surface area contributed by atoms with Crippen molar-refractivity contribution >= 4 is 17.1 Å². The van der Waals surface area contributed by atoms with Crippen molar-refractivity contribution in [3.63, 3.8) is 0 Å². The second-order valence-corrected chi connectivity index (χ2v) is 3.68. The zero-order valence-electron chi connectivity index (χ0n) is 10.2. The van der Waals surface area contributed by atoms with Crippen LogP contribution in [0.15, 0.2) is 12.1 Å². The fourth-order valence-corrected chi connectivity index (χ4v) is 1.53. The lowest BCUT2D eigenvalue weighted by Crippen LogP contribution is -2.09. The Balaban J connectivity index is 2.69. The van der Waals surface area contributed by atoms with Gasteiger partial charge in [-0.3, -0.25) is 10.1 Å². The first-order valence-corrected chi connectivity index (χ1v) is 5.45. The van der Waals surface area contributed by atoms with Crippen LogP contribution in [0.3, 0.4) is 0 Å². The fraction of sp³-hybridized carbons (Fsp3) is 0.455. The van der Waals surface area contributed by atoms with Crippen LogP contribution in [-0.2, 0) is 15.9 Å². The summed E-state index contributed by atoms with van der Waals surface area (Å²) in [5.74, 6) is 0. The van der Waals surface area contributed by atoms with E-state index < -0.39 is 4.92 Å². The predicted octanol–water partition coefficient (Wildman–Crippen LogP) is 0.965. The molecule has 1 aromatic carbocycles. The van der Waals surface area contributed by atoms with Gasteiger partial charge in [0, 0.05) is 30.8 Å². The summed E-state index contributed by atoms with van der Waals surface area (Å²) < 4.78 is 10.1. The molecule has 0 aliphatic carbocycles. The number of anilines is 2. The van der Waals surface area contributed by atoms with E-state index in [1.54, 1.807) is 7.11 Å². The van der Waals surface area contributed by atoms with Crippen molar-refractivity contribution in [3.8, 4) is 0 Å². The summed E-state index contributed by atoms with van der Waals surface area (Å²) in [7, 11) is 1.58. The van der Waals surface area contributed by atoms with E-state index in [1.807, 2.05) is 0 Å². The van der Waals surface area contributed by atoms with Gasteiger partial charge in [0.25, 0.3) is 5.69 Å². The van der Waals surface area contributed by atoms with E-state index >= 15 is 0 Å². The van der Waals surface area contributed by atoms with Crippen LogP contribution in [-0.4, -0.2) is 31.9 Å². The molecule has 0 spiro atoms. The van der Waals surface area contributed by atoms with Gasteiger partial charge in [-0.1, -0.05) is 0 Å². The molecule has 1 aromatic rings. The Morgan fingerprint density at radius 3 is 2.61 bits per heavy atom. The number of nitrogens with zero attached hydrogens (tertiary/aromatic N) is 1. The van der Waals surface area contributed by atoms with Crippen molar-refractivity contribution in [2.24, 2.45) is 0 Å². The molecule has 0 aliphatic heterocycles. The number of ether oxygens (including phenoxy) is 2. The standard InChI is InChI=1S/C11H17N3O4/c1-17-6-7-18-5-4-8-9(12)2-3-10(11(8)13)14(15)16/h2-3H,4-7,12-13H2,1H3. The Morgan fingerprint density at radius 2 is 2.00 bits per heavy atom. The maximum atomic E-state index is 10.7. The summed E-state index contributed by atoms with van der Waals surface area (Å²) >= 11 is 0. The summed E-state index contributed by atoms with van der Waals surface area (Å²) in [5, 5.41) is 10.7. The van der Waals surface area contributed by atoms with Gasteiger partial charge in [-0.05, 0) is 6.07 Å². The Labute approximate surface area is 105 Å². The van der Waals surface area contributed by atoms with Gasteiger partial charge in [0.05, 0.1) is 24.7 Å². The normalized spacial score (nSPS) is 10.5. The van der Waals surface area contributed by atoms with E-state index in [0.29, 0.717) is 37.5 Å². The highest BCUT2D eigenvalue weighted by atomic mass is 16.6. The summed E-state index contributed by atoms with van der Waals surface area (Å²) in [6.07, 6.45) is 0.434. The monoisotopic (exact) mass is 255 g/mol. The Kier molecular flexibility index (Phi) is 5.34. The fourth-order valence-electron chi connectivity index (χ4n) is 1.53. The van der Waals surface area contributed by atoms with Crippen molar-refractivity contribution in [1.29, 1.82) is 0 Å². The number of nitrogen functional groups attached to an aromatic ring is 2. The van der Waals surface area contributed by atoms with E-state index in [4.69, 9.17) is 20.9 Å². The second-order valence-electron chi connectivity index (χ2n) is 3.68. The first-order chi connectivity index (χ1) is 8.57. The number of nitrogens with two attached hydrogens (primary N) is 2. The van der Waals surface area contributed by atoms with Gasteiger partial charge in [-0.2, -0.15) is 0 Å². The van der Waals surface area contributed by atoms with Gasteiger partial charge in [0.15, 0.2) is 0 Å². The van der Waals surface area contributed by atoms with Crippen LogP contribution in [0.1, 0.15) is 5.56 Å². The van der Waals surface area contributed by atoms with Crippen LogP contribution < -0.4 is 11.5 Å². The van der Waals surface area contributed by atoms with E-state index in [0.717, 1.165) is 0 Å². The lowest BCUT2D eigenvalue weighted by atomic mass is 10.1. The third-order valence-corrected chi connectivity index (χ3v) is 2.50. The van der Waals surface area contributed by atoms with E-state index in [1.165, 1.54) is 12.1 Å². The maximum Gasteiger partial charge on any atom is 0.292 e. The van der Waals surface area contributed by atoms with Crippen LogP contribution in [0.2, 0.25) is 0 Å². The molecule has 0 amide bonds. The SMILES string of the molecule is COCCOCCc1c(N)ccc([N+](=O)[O-])c1N. The molecule has 18 heavy (non-hydrogen) atoms. The van der Waals surface area contributed by atoms with Crippen molar-refractivity contribution < 1.29 is 14.4 Å². The minimum Gasteiger partial charge on any atom is -0.398 e. The number of benzene rings is 1. The van der Waals surface area contributed by atoms with Crippen molar-refractivity contribution in [2.45, 2.75) is 6.42 Å². The Bertz CT molecular complexity index is 423. The van der Waals surface area contributed by atoms with Crippen LogP contribution >= 0.6 is 0 Å². The molecule has 0 saturated carbocycles. The predicted molar refractivity (Wildman–Crippen MR) is 68.3 cm³/mol. The Morgan fingerprint density at radius 1 is 1.28 bits per heavy atom. The average molecular weight is 255 g/mol. The molecule has 1 rings (SSSR count). The Hall–Kier alpha value is -1.86. The molecule has 7 heteroatoms. The smallest absolute Gasteiger partial charge is 0.292 e. The van der Waals surface area contributed by atoms with Crippen molar-refractivity contribution in [2.75, 3.05) is 38.4 Å². The van der Waals surface area contributed by atoms with Gasteiger partial charge in [-0.25, -0.2) is 0 Å². The molecule has 0 fully saturated rings. The minimum absolute atomic E-state index is 0.107. The summed E-state index contributed by atoms with van der Waals surface area (Å²) in [4.78, 5) is 10.2. The zero-order valence-corrected chi connectivity index (χ0v) is 10.2. The van der Waals surface area contributed by atoms with E-state index in [2.05, 4.69) is 0 Å². The first kappa shape index (κ1) is 14.2. The quantitative estimate of drug-likeness (QED) is 0.325. The third-order valence-electron chi connectivity index (χ3n) is 2.50. The largest absolute Gasteiger partial charge is 0.398 e. The lowest BCUT2D eigenvalue weighted by molar-refractivity contribution is -0.383.